The molecule has 1 amide bonds. The molecule has 0 aliphatic rings. The number of sulfonamides is 1. The molecule has 0 unspecified atom stereocenters. The second-order valence-corrected chi connectivity index (χ2v) is 4.01. The van der Waals surface area contributed by atoms with Crippen molar-refractivity contribution in [2.24, 2.45) is 10.9 Å². The molecule has 0 aliphatic heterocycles. The van der Waals surface area contributed by atoms with E-state index >= 15 is 0 Å². The van der Waals surface area contributed by atoms with Crippen molar-refractivity contribution in [2.75, 3.05) is 5.73 Å². The van der Waals surface area contributed by atoms with E-state index in [1.54, 1.807) is 0 Å². The molecule has 7 N–H and O–H groups in total. The van der Waals surface area contributed by atoms with Crippen LogP contribution in [0.15, 0.2) is 29.2 Å². The van der Waals surface area contributed by atoms with Crippen LogP contribution in [0.1, 0.15) is 0 Å². The van der Waals surface area contributed by atoms with Gasteiger partial charge in [0.1, 0.15) is 0 Å². The maximum absolute atomic E-state index is 10.7. The molecule has 8 heteroatoms. The highest BCUT2D eigenvalue weighted by Gasteiger charge is 2.04. The first-order valence-corrected chi connectivity index (χ1v) is 5.15. The molecule has 0 radical (unpaired) electrons. The molecule has 0 saturated carbocycles. The number of anilines is 1. The van der Waals surface area contributed by atoms with Gasteiger partial charge in [0.25, 0.3) is 0 Å². The average molecular weight is 233 g/mol. The summed E-state index contributed by atoms with van der Waals surface area (Å²) < 4.78 is 21.4. The van der Waals surface area contributed by atoms with Gasteiger partial charge in [-0.2, -0.15) is 0 Å². The third-order valence-corrected chi connectivity index (χ3v) is 2.14. The van der Waals surface area contributed by atoms with Crippen molar-refractivity contribution in [3.05, 3.63) is 24.3 Å². The molecule has 84 valence electrons. The number of hydrogen-bond acceptors (Lipinski definition) is 4. The summed E-state index contributed by atoms with van der Waals surface area (Å²) in [5.41, 5.74) is 9.87. The minimum Gasteiger partial charge on any atom is -0.465 e. The molecular formula is C7H11N3O4S. The number of rotatable bonds is 1. The van der Waals surface area contributed by atoms with Crippen LogP contribution in [0.5, 0.6) is 0 Å². The highest BCUT2D eigenvalue weighted by molar-refractivity contribution is 7.89. The van der Waals surface area contributed by atoms with E-state index in [2.05, 4.69) is 5.73 Å². The zero-order chi connectivity index (χ0) is 12.1. The normalized spacial score (nSPS) is 9.93. The Hall–Kier alpha value is -1.80. The summed E-state index contributed by atoms with van der Waals surface area (Å²) in [6, 6.07) is 5.70. The summed E-state index contributed by atoms with van der Waals surface area (Å²) in [6.07, 6.45) is -1.33. The van der Waals surface area contributed by atoms with Gasteiger partial charge in [-0.3, -0.25) is 0 Å². The monoisotopic (exact) mass is 233 g/mol. The van der Waals surface area contributed by atoms with E-state index in [-0.39, 0.29) is 4.90 Å². The third-order valence-electron chi connectivity index (χ3n) is 1.21. The molecule has 1 aromatic rings. The first-order chi connectivity index (χ1) is 6.73. The highest BCUT2D eigenvalue weighted by Crippen LogP contribution is 2.08. The summed E-state index contributed by atoms with van der Waals surface area (Å²) in [4.78, 5) is 8.85. The number of carboxylic acid groups (broad SMARTS) is 1. The number of primary amides is 1. The zero-order valence-electron chi connectivity index (χ0n) is 7.62. The van der Waals surface area contributed by atoms with Gasteiger partial charge in [0.05, 0.1) is 4.90 Å². The fraction of sp³-hybridized carbons (Fsp3) is 0. The van der Waals surface area contributed by atoms with Crippen molar-refractivity contribution in [1.82, 2.24) is 0 Å². The number of amides is 1. The molecule has 0 aromatic heterocycles. The summed E-state index contributed by atoms with van der Waals surface area (Å²) in [6.45, 7) is 0. The SMILES string of the molecule is NC(=O)O.Nc1ccc(S(N)(=O)=O)cc1. The lowest BCUT2D eigenvalue weighted by Crippen LogP contribution is -2.11. The van der Waals surface area contributed by atoms with Crippen LogP contribution < -0.4 is 16.6 Å². The van der Waals surface area contributed by atoms with Gasteiger partial charge in [-0.15, -0.1) is 0 Å². The second kappa shape index (κ2) is 5.17. The summed E-state index contributed by atoms with van der Waals surface area (Å²) in [5.74, 6) is 0. The molecule has 0 heterocycles. The van der Waals surface area contributed by atoms with Gasteiger partial charge in [-0.1, -0.05) is 0 Å². The van der Waals surface area contributed by atoms with Crippen molar-refractivity contribution in [2.45, 2.75) is 4.90 Å². The van der Waals surface area contributed by atoms with Gasteiger partial charge in [-0.05, 0) is 24.3 Å². The number of primary sulfonamides is 1. The number of carbonyl (C=O) groups is 1. The Morgan fingerprint density at radius 2 is 1.53 bits per heavy atom. The van der Waals surface area contributed by atoms with Gasteiger partial charge < -0.3 is 16.6 Å². The maximum Gasteiger partial charge on any atom is 0.402 e. The van der Waals surface area contributed by atoms with E-state index in [0.717, 1.165) is 0 Å². The van der Waals surface area contributed by atoms with Crippen molar-refractivity contribution in [3.8, 4) is 0 Å². The first kappa shape index (κ1) is 13.2. The van der Waals surface area contributed by atoms with Crippen molar-refractivity contribution in [1.29, 1.82) is 0 Å². The molecule has 0 bridgehead atoms. The Labute approximate surface area is 86.5 Å². The van der Waals surface area contributed by atoms with Crippen LogP contribution in [-0.4, -0.2) is 19.6 Å². The molecule has 15 heavy (non-hydrogen) atoms. The van der Waals surface area contributed by atoms with Crippen molar-refractivity contribution >= 4 is 21.8 Å². The molecule has 1 rings (SSSR count). The van der Waals surface area contributed by atoms with Crippen molar-refractivity contribution in [3.63, 3.8) is 0 Å². The topological polar surface area (TPSA) is 150 Å². The Balaban J connectivity index is 0.000000423. The highest BCUT2D eigenvalue weighted by atomic mass is 32.2. The van der Waals surface area contributed by atoms with Gasteiger partial charge in [0.2, 0.25) is 10.0 Å². The van der Waals surface area contributed by atoms with Crippen LogP contribution in [0.2, 0.25) is 0 Å². The standard InChI is InChI=1S/C6H8N2O2S.CH3NO2/c7-5-1-3-6(4-2-5)11(8,9)10;2-1(3)4/h1-4H,7H2,(H2,8,9,10);2H2,(H,3,4). The predicted molar refractivity (Wildman–Crippen MR) is 54.4 cm³/mol. The summed E-state index contributed by atoms with van der Waals surface area (Å²) >= 11 is 0. The number of nitrogens with two attached hydrogens (primary N) is 3. The van der Waals surface area contributed by atoms with Crippen LogP contribution in [0, 0.1) is 0 Å². The Kier molecular flexibility index (Phi) is 4.55. The molecule has 7 nitrogen and oxygen atoms in total. The van der Waals surface area contributed by atoms with Crippen molar-refractivity contribution < 1.29 is 18.3 Å². The summed E-state index contributed by atoms with van der Waals surface area (Å²) in [7, 11) is -3.58. The van der Waals surface area contributed by atoms with Crippen LogP contribution >= 0.6 is 0 Å². The lowest BCUT2D eigenvalue weighted by molar-refractivity contribution is 0.205. The Morgan fingerprint density at radius 3 is 1.80 bits per heavy atom. The van der Waals surface area contributed by atoms with Crippen LogP contribution in [0.3, 0.4) is 0 Å². The number of nitrogen functional groups attached to an aromatic ring is 1. The van der Waals surface area contributed by atoms with E-state index in [4.69, 9.17) is 20.8 Å². The van der Waals surface area contributed by atoms with Crippen LogP contribution in [0.25, 0.3) is 0 Å². The van der Waals surface area contributed by atoms with Gasteiger partial charge in [0.15, 0.2) is 0 Å². The van der Waals surface area contributed by atoms with Crippen LogP contribution in [0.4, 0.5) is 10.5 Å². The Bertz CT molecular complexity index is 422. The molecule has 0 fully saturated rings. The summed E-state index contributed by atoms with van der Waals surface area (Å²) in [5, 5.41) is 12.0. The van der Waals surface area contributed by atoms with Gasteiger partial charge in [0, 0.05) is 5.69 Å². The largest absolute Gasteiger partial charge is 0.465 e. The van der Waals surface area contributed by atoms with Crippen LogP contribution in [-0.2, 0) is 10.0 Å². The number of benzene rings is 1. The molecule has 0 aliphatic carbocycles. The Morgan fingerprint density at radius 1 is 1.20 bits per heavy atom. The third kappa shape index (κ3) is 6.29. The average Bonchev–Trinajstić information content (AvgIpc) is 2.01. The fourth-order valence-corrected chi connectivity index (χ4v) is 1.17. The lowest BCUT2D eigenvalue weighted by atomic mass is 10.3. The van der Waals surface area contributed by atoms with E-state index in [1.165, 1.54) is 24.3 Å². The smallest absolute Gasteiger partial charge is 0.402 e. The first-order valence-electron chi connectivity index (χ1n) is 3.60. The maximum atomic E-state index is 10.7. The van der Waals surface area contributed by atoms with E-state index in [0.29, 0.717) is 5.69 Å². The molecule has 1 aromatic carbocycles. The van der Waals surface area contributed by atoms with E-state index in [1.807, 2.05) is 0 Å². The molecule has 0 spiro atoms. The fourth-order valence-electron chi connectivity index (χ4n) is 0.658. The quantitative estimate of drug-likeness (QED) is 0.484. The molecular weight excluding hydrogens is 222 g/mol. The zero-order valence-corrected chi connectivity index (χ0v) is 8.44. The van der Waals surface area contributed by atoms with Gasteiger partial charge in [-0.25, -0.2) is 18.4 Å². The number of hydrogen-bond donors (Lipinski definition) is 4. The minimum absolute atomic E-state index is 0.0756. The van der Waals surface area contributed by atoms with E-state index < -0.39 is 16.1 Å². The lowest BCUT2D eigenvalue weighted by Gasteiger charge is -1.96. The van der Waals surface area contributed by atoms with Gasteiger partial charge >= 0.3 is 6.09 Å². The predicted octanol–water partition coefficient (Wildman–Crippen LogP) is -0.461. The second-order valence-electron chi connectivity index (χ2n) is 2.45. The van der Waals surface area contributed by atoms with E-state index in [9.17, 15) is 8.42 Å². The molecule has 0 atom stereocenters. The molecule has 0 saturated heterocycles. The minimum atomic E-state index is -3.58.